The number of rotatable bonds is 9. The van der Waals surface area contributed by atoms with Gasteiger partial charge in [-0.2, -0.15) is 0 Å². The number of likely N-dealkylation sites (N-methyl/N-ethyl adjacent to an activating group) is 1. The van der Waals surface area contributed by atoms with Crippen molar-refractivity contribution in [2.24, 2.45) is 0 Å². The van der Waals surface area contributed by atoms with Crippen molar-refractivity contribution in [3.8, 4) is 5.75 Å². The molecule has 2 aromatic carbocycles. The van der Waals surface area contributed by atoms with E-state index in [0.29, 0.717) is 0 Å². The van der Waals surface area contributed by atoms with Crippen molar-refractivity contribution in [2.75, 3.05) is 32.8 Å². The molecule has 0 radical (unpaired) electrons. The average Bonchev–Trinajstić information content (AvgIpc) is 2.65. The second-order valence-electron chi connectivity index (χ2n) is 6.32. The van der Waals surface area contributed by atoms with Crippen LogP contribution in [-0.2, 0) is 0 Å². The lowest BCUT2D eigenvalue weighted by Crippen LogP contribution is -2.49. The minimum Gasteiger partial charge on any atom is -0.488 e. The molecule has 0 aliphatic heterocycles. The van der Waals surface area contributed by atoms with Gasteiger partial charge in [-0.05, 0) is 56.2 Å². The van der Waals surface area contributed by atoms with Gasteiger partial charge in [0.1, 0.15) is 18.9 Å². The van der Waals surface area contributed by atoms with Crippen molar-refractivity contribution in [3.63, 3.8) is 0 Å². The van der Waals surface area contributed by atoms with Gasteiger partial charge in [0, 0.05) is 4.47 Å². The summed E-state index contributed by atoms with van der Waals surface area (Å²) in [6, 6.07) is 16.6. The maximum atomic E-state index is 5.95. The predicted molar refractivity (Wildman–Crippen MR) is 112 cm³/mol. The third kappa shape index (κ3) is 6.02. The van der Waals surface area contributed by atoms with E-state index in [4.69, 9.17) is 4.74 Å². The molecule has 0 aliphatic carbocycles. The molecule has 0 heterocycles. The summed E-state index contributed by atoms with van der Waals surface area (Å²) in [5, 5.41) is 0. The van der Waals surface area contributed by atoms with Crippen LogP contribution in [0.25, 0.3) is 12.2 Å². The first kappa shape index (κ1) is 19.7. The van der Waals surface area contributed by atoms with Gasteiger partial charge in [0.05, 0.1) is 19.6 Å². The first-order chi connectivity index (χ1) is 12.1. The molecule has 0 spiro atoms. The lowest BCUT2D eigenvalue weighted by atomic mass is 10.1. The van der Waals surface area contributed by atoms with Crippen LogP contribution >= 0.6 is 15.9 Å². The summed E-state index contributed by atoms with van der Waals surface area (Å²) in [6.07, 6.45) is 4.24. The Morgan fingerprint density at radius 1 is 0.880 bits per heavy atom. The van der Waals surface area contributed by atoms with Crippen LogP contribution in [0.3, 0.4) is 0 Å². The number of nitrogens with zero attached hydrogens (tertiary/aromatic N) is 1. The number of hydrogen-bond acceptors (Lipinski definition) is 1. The minimum atomic E-state index is 0.767. The van der Waals surface area contributed by atoms with Gasteiger partial charge in [0.25, 0.3) is 0 Å². The fraction of sp³-hybridized carbons (Fsp3) is 0.364. The van der Waals surface area contributed by atoms with E-state index in [1.165, 1.54) is 11.1 Å². The van der Waals surface area contributed by atoms with Gasteiger partial charge in [-0.3, -0.25) is 0 Å². The summed E-state index contributed by atoms with van der Waals surface area (Å²) in [7, 11) is 0. The van der Waals surface area contributed by atoms with Gasteiger partial charge in [-0.1, -0.05) is 52.3 Å². The molecule has 2 nitrogen and oxygen atoms in total. The topological polar surface area (TPSA) is 9.23 Å². The monoisotopic (exact) mass is 402 g/mol. The molecule has 3 heteroatoms. The van der Waals surface area contributed by atoms with Crippen LogP contribution < -0.4 is 4.74 Å². The first-order valence-electron chi connectivity index (χ1n) is 9.12. The van der Waals surface area contributed by atoms with E-state index in [-0.39, 0.29) is 0 Å². The molecule has 0 saturated carbocycles. The summed E-state index contributed by atoms with van der Waals surface area (Å²) in [5.41, 5.74) is 2.36. The fourth-order valence-corrected chi connectivity index (χ4v) is 3.40. The van der Waals surface area contributed by atoms with Crippen molar-refractivity contribution >= 4 is 28.1 Å². The zero-order valence-corrected chi connectivity index (χ0v) is 17.1. The van der Waals surface area contributed by atoms with Crippen molar-refractivity contribution in [1.29, 1.82) is 0 Å². The van der Waals surface area contributed by atoms with Gasteiger partial charge < -0.3 is 9.22 Å². The number of benzene rings is 2. The molecular formula is C22H29BrNO+. The minimum absolute atomic E-state index is 0.767. The van der Waals surface area contributed by atoms with Crippen LogP contribution in [0.1, 0.15) is 31.9 Å². The number of quaternary nitrogens is 1. The molecule has 2 rings (SSSR count). The molecular weight excluding hydrogens is 374 g/mol. The lowest BCUT2D eigenvalue weighted by Gasteiger charge is -2.35. The summed E-state index contributed by atoms with van der Waals surface area (Å²) in [6.45, 7) is 12.1. The highest BCUT2D eigenvalue weighted by molar-refractivity contribution is 9.10. The third-order valence-corrected chi connectivity index (χ3v) is 5.54. The standard InChI is InChI=1S/C22H29BrNO/c1-4-24(5-2,6-3)16-17-25-22-14-12-19(13-15-22)10-11-20-8-7-9-21(23)18-20/h7-15,18H,4-6,16-17H2,1-3H3/q+1/b11-10+. The van der Waals surface area contributed by atoms with E-state index in [0.717, 1.165) is 47.5 Å². The quantitative estimate of drug-likeness (QED) is 0.376. The zero-order chi connectivity index (χ0) is 18.1. The number of hydrogen-bond donors (Lipinski definition) is 0. The predicted octanol–water partition coefficient (Wildman–Crippen LogP) is 5.87. The van der Waals surface area contributed by atoms with Gasteiger partial charge >= 0.3 is 0 Å². The normalized spacial score (nSPS) is 11.8. The van der Waals surface area contributed by atoms with Gasteiger partial charge in [-0.25, -0.2) is 0 Å². The largest absolute Gasteiger partial charge is 0.488 e. The molecule has 25 heavy (non-hydrogen) atoms. The molecule has 0 atom stereocenters. The number of ether oxygens (including phenoxy) is 1. The molecule has 0 bridgehead atoms. The maximum absolute atomic E-state index is 5.95. The van der Waals surface area contributed by atoms with Gasteiger partial charge in [-0.15, -0.1) is 0 Å². The molecule has 0 aromatic heterocycles. The van der Waals surface area contributed by atoms with Crippen LogP contribution in [0.2, 0.25) is 0 Å². The summed E-state index contributed by atoms with van der Waals surface area (Å²) >= 11 is 3.50. The molecule has 0 aliphatic rings. The first-order valence-corrected chi connectivity index (χ1v) is 9.91. The zero-order valence-electron chi connectivity index (χ0n) is 15.5. The Morgan fingerprint density at radius 2 is 1.52 bits per heavy atom. The summed E-state index contributed by atoms with van der Waals surface area (Å²) in [4.78, 5) is 0. The molecule has 134 valence electrons. The Morgan fingerprint density at radius 3 is 2.12 bits per heavy atom. The third-order valence-electron chi connectivity index (χ3n) is 5.04. The van der Waals surface area contributed by atoms with Crippen molar-refractivity contribution < 1.29 is 9.22 Å². The van der Waals surface area contributed by atoms with Crippen LogP contribution in [0.15, 0.2) is 53.0 Å². The second kappa shape index (κ2) is 9.79. The van der Waals surface area contributed by atoms with E-state index in [2.05, 4.69) is 85.3 Å². The Hall–Kier alpha value is -1.58. The molecule has 0 unspecified atom stereocenters. The Kier molecular flexibility index (Phi) is 7.73. The Bertz CT molecular complexity index is 666. The molecule has 0 N–H and O–H groups in total. The van der Waals surface area contributed by atoms with E-state index >= 15 is 0 Å². The van der Waals surface area contributed by atoms with E-state index in [1.807, 2.05) is 12.1 Å². The highest BCUT2D eigenvalue weighted by atomic mass is 79.9. The molecule has 0 saturated heterocycles. The van der Waals surface area contributed by atoms with Crippen molar-refractivity contribution in [3.05, 3.63) is 64.1 Å². The second-order valence-corrected chi connectivity index (χ2v) is 7.24. The Labute approximate surface area is 160 Å². The van der Waals surface area contributed by atoms with Gasteiger partial charge in [0.2, 0.25) is 0 Å². The lowest BCUT2D eigenvalue weighted by molar-refractivity contribution is -0.923. The summed E-state index contributed by atoms with van der Waals surface area (Å²) in [5.74, 6) is 0.945. The highest BCUT2D eigenvalue weighted by Gasteiger charge is 2.20. The SMILES string of the molecule is CC[N+](CC)(CC)CCOc1ccc(/C=C/c2cccc(Br)c2)cc1. The fourth-order valence-electron chi connectivity index (χ4n) is 2.98. The van der Waals surface area contributed by atoms with Gasteiger partial charge in [0.15, 0.2) is 0 Å². The van der Waals surface area contributed by atoms with E-state index < -0.39 is 0 Å². The van der Waals surface area contributed by atoms with Crippen LogP contribution in [0, 0.1) is 0 Å². The van der Waals surface area contributed by atoms with Crippen molar-refractivity contribution in [1.82, 2.24) is 0 Å². The molecule has 0 amide bonds. The maximum Gasteiger partial charge on any atom is 0.137 e. The van der Waals surface area contributed by atoms with Crippen LogP contribution in [0.4, 0.5) is 0 Å². The number of halogens is 1. The highest BCUT2D eigenvalue weighted by Crippen LogP contribution is 2.17. The Balaban J connectivity index is 1.89. The van der Waals surface area contributed by atoms with Crippen LogP contribution in [-0.4, -0.2) is 37.3 Å². The van der Waals surface area contributed by atoms with E-state index in [9.17, 15) is 0 Å². The molecule has 0 fully saturated rings. The average molecular weight is 403 g/mol. The van der Waals surface area contributed by atoms with E-state index in [1.54, 1.807) is 0 Å². The van der Waals surface area contributed by atoms with Crippen molar-refractivity contribution in [2.45, 2.75) is 20.8 Å². The summed E-state index contributed by atoms with van der Waals surface area (Å²) < 4.78 is 8.17. The van der Waals surface area contributed by atoms with Crippen LogP contribution in [0.5, 0.6) is 5.75 Å². The smallest absolute Gasteiger partial charge is 0.137 e. The molecule has 2 aromatic rings.